The highest BCUT2D eigenvalue weighted by Gasteiger charge is 2.56. The number of benzene rings is 3. The third-order valence-electron chi connectivity index (χ3n) is 7.26. The summed E-state index contributed by atoms with van der Waals surface area (Å²) in [7, 11) is 0. The molecule has 1 aliphatic heterocycles. The molecule has 1 saturated heterocycles. The first-order valence-electron chi connectivity index (χ1n) is 10.8. The standard InChI is InChI=1S/C27H23NO2/c29-26-24-19-11-12-20(14-13-19)25(24)27(30)28(26)16-21-15-10-17-6-4-5-9-22(17)23(21)18-7-2-1-3-8-18/h1-12,15,19-20,24-25H,13-14,16H2/t19-,20+,24-,25+. The zero-order valence-corrected chi connectivity index (χ0v) is 16.7. The van der Waals surface area contributed by atoms with Gasteiger partial charge in [0.05, 0.1) is 18.4 Å². The molecule has 30 heavy (non-hydrogen) atoms. The molecule has 2 bridgehead atoms. The summed E-state index contributed by atoms with van der Waals surface area (Å²) >= 11 is 0. The molecule has 3 aromatic rings. The van der Waals surface area contributed by atoms with Gasteiger partial charge in [-0.1, -0.05) is 78.9 Å². The first-order valence-corrected chi connectivity index (χ1v) is 10.8. The fourth-order valence-corrected chi connectivity index (χ4v) is 5.86. The summed E-state index contributed by atoms with van der Waals surface area (Å²) in [6.45, 7) is 0.346. The van der Waals surface area contributed by atoms with Gasteiger partial charge in [0.25, 0.3) is 0 Å². The minimum absolute atomic E-state index is 0.0243. The van der Waals surface area contributed by atoms with Gasteiger partial charge >= 0.3 is 0 Å². The number of imide groups is 1. The van der Waals surface area contributed by atoms with Gasteiger partial charge in [0, 0.05) is 0 Å². The van der Waals surface area contributed by atoms with Gasteiger partial charge in [-0.05, 0) is 52.1 Å². The summed E-state index contributed by atoms with van der Waals surface area (Å²) in [6.07, 6.45) is 6.41. The van der Waals surface area contributed by atoms with E-state index in [2.05, 4.69) is 48.6 Å². The topological polar surface area (TPSA) is 37.4 Å². The Bertz CT molecular complexity index is 1160. The normalized spacial score (nSPS) is 27.1. The van der Waals surface area contributed by atoms with E-state index >= 15 is 0 Å². The average molecular weight is 393 g/mol. The molecule has 1 heterocycles. The average Bonchev–Trinajstić information content (AvgIpc) is 3.07. The molecule has 0 spiro atoms. The van der Waals surface area contributed by atoms with Crippen LogP contribution in [0.15, 0.2) is 78.9 Å². The molecule has 3 aliphatic carbocycles. The number of allylic oxidation sites excluding steroid dienone is 2. The maximum atomic E-state index is 13.3. The maximum absolute atomic E-state index is 13.3. The Morgan fingerprint density at radius 3 is 2.03 bits per heavy atom. The van der Waals surface area contributed by atoms with Crippen molar-refractivity contribution in [1.82, 2.24) is 4.90 Å². The lowest BCUT2D eigenvalue weighted by molar-refractivity contribution is -0.140. The Hall–Kier alpha value is -3.20. The number of rotatable bonds is 3. The van der Waals surface area contributed by atoms with Crippen LogP contribution in [0.1, 0.15) is 18.4 Å². The second-order valence-electron chi connectivity index (χ2n) is 8.79. The van der Waals surface area contributed by atoms with Crippen LogP contribution in [0.25, 0.3) is 21.9 Å². The minimum Gasteiger partial charge on any atom is -0.278 e. The van der Waals surface area contributed by atoms with Crippen LogP contribution >= 0.6 is 0 Å². The van der Waals surface area contributed by atoms with Crippen molar-refractivity contribution in [3.05, 3.63) is 84.4 Å². The van der Waals surface area contributed by atoms with Gasteiger partial charge in [0.1, 0.15) is 0 Å². The van der Waals surface area contributed by atoms with Crippen LogP contribution < -0.4 is 0 Å². The molecule has 0 radical (unpaired) electrons. The van der Waals surface area contributed by atoms with E-state index in [0.717, 1.165) is 40.3 Å². The van der Waals surface area contributed by atoms with Crippen LogP contribution in [0.3, 0.4) is 0 Å². The van der Waals surface area contributed by atoms with Crippen LogP contribution in [-0.4, -0.2) is 16.7 Å². The summed E-state index contributed by atoms with van der Waals surface area (Å²) in [5.74, 6) is 0.203. The van der Waals surface area contributed by atoms with Crippen molar-refractivity contribution < 1.29 is 9.59 Å². The van der Waals surface area contributed by atoms with Crippen molar-refractivity contribution in [2.75, 3.05) is 0 Å². The van der Waals surface area contributed by atoms with Crippen LogP contribution in [0.5, 0.6) is 0 Å². The number of hydrogen-bond donors (Lipinski definition) is 0. The Morgan fingerprint density at radius 1 is 0.733 bits per heavy atom. The quantitative estimate of drug-likeness (QED) is 0.453. The monoisotopic (exact) mass is 393 g/mol. The third kappa shape index (κ3) is 2.51. The molecular formula is C27H23NO2. The molecule has 2 amide bonds. The molecule has 0 aromatic heterocycles. The fourth-order valence-electron chi connectivity index (χ4n) is 5.86. The van der Waals surface area contributed by atoms with E-state index in [-0.39, 0.29) is 35.5 Å². The smallest absolute Gasteiger partial charge is 0.234 e. The predicted octanol–water partition coefficient (Wildman–Crippen LogP) is 5.20. The molecule has 4 atom stereocenters. The molecular weight excluding hydrogens is 370 g/mol. The van der Waals surface area contributed by atoms with Crippen LogP contribution in [0.4, 0.5) is 0 Å². The van der Waals surface area contributed by atoms with Gasteiger partial charge in [0.2, 0.25) is 11.8 Å². The van der Waals surface area contributed by atoms with Gasteiger partial charge in [0.15, 0.2) is 0 Å². The maximum Gasteiger partial charge on any atom is 0.234 e. The number of carbonyl (C=O) groups is 2. The van der Waals surface area contributed by atoms with E-state index in [9.17, 15) is 9.59 Å². The summed E-state index contributed by atoms with van der Waals surface area (Å²) in [4.78, 5) is 28.2. The van der Waals surface area contributed by atoms with Crippen LogP contribution in [-0.2, 0) is 16.1 Å². The lowest BCUT2D eigenvalue weighted by Crippen LogP contribution is -2.38. The second-order valence-corrected chi connectivity index (χ2v) is 8.79. The molecule has 148 valence electrons. The first-order chi connectivity index (χ1) is 14.7. The van der Waals surface area contributed by atoms with E-state index in [1.165, 1.54) is 0 Å². The molecule has 7 rings (SSSR count). The summed E-state index contributed by atoms with van der Waals surface area (Å²) in [6, 6.07) is 22.8. The van der Waals surface area contributed by atoms with Crippen molar-refractivity contribution in [2.24, 2.45) is 23.7 Å². The van der Waals surface area contributed by atoms with Gasteiger partial charge < -0.3 is 0 Å². The highest BCUT2D eigenvalue weighted by atomic mass is 16.2. The molecule has 4 aliphatic rings. The summed E-state index contributed by atoms with van der Waals surface area (Å²) < 4.78 is 0. The van der Waals surface area contributed by atoms with Crippen molar-refractivity contribution in [2.45, 2.75) is 19.4 Å². The van der Waals surface area contributed by atoms with Gasteiger partial charge in [-0.15, -0.1) is 0 Å². The van der Waals surface area contributed by atoms with E-state index in [4.69, 9.17) is 0 Å². The van der Waals surface area contributed by atoms with Crippen LogP contribution in [0.2, 0.25) is 0 Å². The van der Waals surface area contributed by atoms with Crippen molar-refractivity contribution in [3.63, 3.8) is 0 Å². The van der Waals surface area contributed by atoms with Gasteiger partial charge in [-0.3, -0.25) is 14.5 Å². The van der Waals surface area contributed by atoms with E-state index in [1.807, 2.05) is 30.3 Å². The minimum atomic E-state index is -0.151. The molecule has 1 saturated carbocycles. The summed E-state index contributed by atoms with van der Waals surface area (Å²) in [5, 5.41) is 2.31. The van der Waals surface area contributed by atoms with E-state index in [0.29, 0.717) is 6.54 Å². The van der Waals surface area contributed by atoms with Crippen LogP contribution in [0, 0.1) is 23.7 Å². The number of amides is 2. The molecule has 0 N–H and O–H groups in total. The zero-order chi connectivity index (χ0) is 20.2. The van der Waals surface area contributed by atoms with Crippen molar-refractivity contribution >= 4 is 22.6 Å². The Labute approximate surface area is 176 Å². The Balaban J connectivity index is 1.44. The predicted molar refractivity (Wildman–Crippen MR) is 117 cm³/mol. The van der Waals surface area contributed by atoms with E-state index < -0.39 is 0 Å². The van der Waals surface area contributed by atoms with Crippen molar-refractivity contribution in [3.8, 4) is 11.1 Å². The van der Waals surface area contributed by atoms with Crippen molar-refractivity contribution in [1.29, 1.82) is 0 Å². The highest BCUT2D eigenvalue weighted by molar-refractivity contribution is 6.06. The SMILES string of the molecule is O=C1[C@@H]2[C@H](C(=O)N1Cc1ccc3ccccc3c1-c1ccccc1)[C@@H]1C=C[C@H]2CC1. The lowest BCUT2D eigenvalue weighted by Gasteiger charge is -2.38. The fraction of sp³-hybridized carbons (Fsp3) is 0.259. The molecule has 3 nitrogen and oxygen atoms in total. The molecule has 2 fully saturated rings. The Kier molecular flexibility index (Phi) is 3.92. The Morgan fingerprint density at radius 2 is 1.37 bits per heavy atom. The molecule has 3 heteroatoms. The zero-order valence-electron chi connectivity index (χ0n) is 16.7. The molecule has 3 aromatic carbocycles. The van der Waals surface area contributed by atoms with Gasteiger partial charge in [-0.25, -0.2) is 0 Å². The largest absolute Gasteiger partial charge is 0.278 e. The lowest BCUT2D eigenvalue weighted by atomic mass is 9.63. The summed E-state index contributed by atoms with van der Waals surface area (Å²) in [5.41, 5.74) is 3.26. The highest BCUT2D eigenvalue weighted by Crippen LogP contribution is 2.50. The number of carbonyl (C=O) groups excluding carboxylic acids is 2. The third-order valence-corrected chi connectivity index (χ3v) is 7.26. The number of hydrogen-bond acceptors (Lipinski definition) is 2. The second kappa shape index (κ2) is 6.66. The number of likely N-dealkylation sites (tertiary alicyclic amines) is 1. The number of fused-ring (bicyclic) bond motifs is 2. The van der Waals surface area contributed by atoms with Gasteiger partial charge in [-0.2, -0.15) is 0 Å². The van der Waals surface area contributed by atoms with E-state index in [1.54, 1.807) is 4.90 Å². The number of nitrogens with zero attached hydrogens (tertiary/aromatic N) is 1. The molecule has 0 unspecified atom stereocenters. The first kappa shape index (κ1) is 17.6.